The standard InChI is InChI=1S/C45H62N2O13/c1-12-14-18-29(13-2)60-46-21-30-35-40(53)33-32(39(30)52)34-42(27(8)38(33)51)59-45(10,43(34)54)57-20-19-31(56-11)24(5)41(58-28(9)48)26(7)37(50)25(6)36(49)22(3)16-15-17-23(4)44(55)47-35/h15-17,19-22,24-26,29,31,36-37,41,49-53H,12-14,18H2,1-11H3,(H,47,55)/b16-15+,20-19+,23-17+,46-21-. The van der Waals surface area contributed by atoms with Crippen molar-refractivity contribution in [3.05, 3.63) is 52.8 Å². The maximum absolute atomic E-state index is 14.4. The van der Waals surface area contributed by atoms with Gasteiger partial charge in [0, 0.05) is 61.2 Å². The predicted octanol–water partition coefficient (Wildman–Crippen LogP) is 7.07. The summed E-state index contributed by atoms with van der Waals surface area (Å²) >= 11 is 0. The molecule has 2 aromatic carbocycles. The molecule has 0 radical (unpaired) electrons. The number of anilines is 1. The molecule has 0 fully saturated rings. The Bertz CT molecular complexity index is 2040. The van der Waals surface area contributed by atoms with Crippen LogP contribution < -0.4 is 10.1 Å². The van der Waals surface area contributed by atoms with Gasteiger partial charge in [0.1, 0.15) is 29.5 Å². The SMILES string of the molecule is CCCCC(CC)O/N=C\c1c2c(O)c3c(O)c(C)c4c(c3c1O)C(=O)C(C)(O/C=C/C(OC)C(C)C(OC(C)=O)C(C)C(O)C(C)C(O)C(C)/C=C/C=C(\C)C(=O)N2)O4. The first-order chi connectivity index (χ1) is 28.3. The van der Waals surface area contributed by atoms with Gasteiger partial charge in [0.25, 0.3) is 11.7 Å². The maximum Gasteiger partial charge on any atom is 0.312 e. The van der Waals surface area contributed by atoms with Crippen molar-refractivity contribution in [2.75, 3.05) is 12.4 Å². The van der Waals surface area contributed by atoms with Crippen molar-refractivity contribution < 1.29 is 63.7 Å². The van der Waals surface area contributed by atoms with Crippen molar-refractivity contribution in [1.29, 1.82) is 0 Å². The number of carbonyl (C=O) groups excluding carboxylic acids is 3. The summed E-state index contributed by atoms with van der Waals surface area (Å²) in [4.78, 5) is 46.2. The van der Waals surface area contributed by atoms with Gasteiger partial charge in [-0.1, -0.05) is 71.3 Å². The Hall–Kier alpha value is -5.12. The summed E-state index contributed by atoms with van der Waals surface area (Å²) in [7, 11) is 1.43. The van der Waals surface area contributed by atoms with Crippen molar-refractivity contribution in [3.8, 4) is 23.0 Å². The van der Waals surface area contributed by atoms with Crippen LogP contribution in [0.25, 0.3) is 10.8 Å². The Morgan fingerprint density at radius 3 is 2.28 bits per heavy atom. The second kappa shape index (κ2) is 20.0. The average Bonchev–Trinajstić information content (AvgIpc) is 3.48. The fraction of sp³-hybridized carbons (Fsp3) is 0.556. The van der Waals surface area contributed by atoms with Crippen LogP contribution in [0.15, 0.2) is 41.3 Å². The largest absolute Gasteiger partial charge is 0.507 e. The van der Waals surface area contributed by atoms with Crippen LogP contribution in [0.4, 0.5) is 5.69 Å². The van der Waals surface area contributed by atoms with E-state index in [1.54, 1.807) is 39.8 Å². The van der Waals surface area contributed by atoms with E-state index in [9.17, 15) is 39.9 Å². The number of benzene rings is 2. The molecule has 3 aliphatic rings. The number of aromatic hydroxyl groups is 3. The molecule has 3 heterocycles. The molecule has 5 bridgehead atoms. The van der Waals surface area contributed by atoms with E-state index in [0.29, 0.717) is 12.8 Å². The minimum absolute atomic E-state index is 0.0398. The number of carbonyl (C=O) groups is 3. The molecule has 10 unspecified atom stereocenters. The van der Waals surface area contributed by atoms with E-state index < -0.39 is 88.8 Å². The van der Waals surface area contributed by atoms with E-state index in [4.69, 9.17) is 23.8 Å². The van der Waals surface area contributed by atoms with Crippen molar-refractivity contribution in [3.63, 3.8) is 0 Å². The number of ether oxygens (including phenoxy) is 4. The van der Waals surface area contributed by atoms with E-state index in [2.05, 4.69) is 17.4 Å². The van der Waals surface area contributed by atoms with Crippen LogP contribution in [0.5, 0.6) is 23.0 Å². The number of hydrogen-bond donors (Lipinski definition) is 6. The Kier molecular flexibility index (Phi) is 15.8. The molecule has 60 heavy (non-hydrogen) atoms. The second-order valence-corrected chi connectivity index (χ2v) is 16.1. The van der Waals surface area contributed by atoms with Crippen molar-refractivity contribution >= 4 is 40.3 Å². The highest BCUT2D eigenvalue weighted by molar-refractivity contribution is 6.23. The number of aliphatic hydroxyl groups is 2. The number of nitrogens with one attached hydrogen (secondary N) is 1. The first kappa shape index (κ1) is 47.6. The minimum atomic E-state index is -2.06. The van der Waals surface area contributed by atoms with E-state index >= 15 is 0 Å². The smallest absolute Gasteiger partial charge is 0.312 e. The van der Waals surface area contributed by atoms with Crippen LogP contribution in [0.2, 0.25) is 0 Å². The minimum Gasteiger partial charge on any atom is -0.507 e. The lowest BCUT2D eigenvalue weighted by Gasteiger charge is -2.38. The van der Waals surface area contributed by atoms with Crippen LogP contribution in [0.3, 0.4) is 0 Å². The van der Waals surface area contributed by atoms with E-state index in [1.807, 2.05) is 6.92 Å². The third-order valence-corrected chi connectivity index (χ3v) is 11.8. The molecule has 330 valence electrons. The Morgan fingerprint density at radius 1 is 0.983 bits per heavy atom. The van der Waals surface area contributed by atoms with Gasteiger partial charge < -0.3 is 54.6 Å². The zero-order valence-corrected chi connectivity index (χ0v) is 36.4. The number of amides is 1. The lowest BCUT2D eigenvalue weighted by atomic mass is 9.78. The van der Waals surface area contributed by atoms with Crippen LogP contribution in [-0.4, -0.2) is 92.8 Å². The number of unbranched alkanes of at least 4 members (excludes halogenated alkanes) is 1. The maximum atomic E-state index is 14.4. The molecule has 6 N–H and O–H groups in total. The van der Waals surface area contributed by atoms with E-state index in [-0.39, 0.29) is 50.6 Å². The lowest BCUT2D eigenvalue weighted by Crippen LogP contribution is -2.46. The first-order valence-electron chi connectivity index (χ1n) is 20.5. The number of esters is 1. The number of ketones is 1. The molecular formula is C45H62N2O13. The van der Waals surface area contributed by atoms with E-state index in [1.165, 1.54) is 53.2 Å². The number of allylic oxidation sites excluding steroid dienone is 2. The fourth-order valence-electron chi connectivity index (χ4n) is 7.80. The summed E-state index contributed by atoms with van der Waals surface area (Å²) in [5.74, 6) is -8.57. The van der Waals surface area contributed by atoms with Gasteiger partial charge in [0.2, 0.25) is 0 Å². The Labute approximate surface area is 351 Å². The van der Waals surface area contributed by atoms with Gasteiger partial charge in [-0.15, -0.1) is 0 Å². The molecule has 15 heteroatoms. The number of nitrogens with zero attached hydrogens (tertiary/aromatic N) is 1. The summed E-state index contributed by atoms with van der Waals surface area (Å²) in [6.07, 6.45) is 7.53. The molecule has 2 aromatic rings. The zero-order valence-electron chi connectivity index (χ0n) is 36.4. The molecule has 15 nitrogen and oxygen atoms in total. The molecule has 3 aliphatic heterocycles. The van der Waals surface area contributed by atoms with Gasteiger partial charge in [-0.05, 0) is 39.2 Å². The summed E-state index contributed by atoms with van der Waals surface area (Å²) in [5.41, 5.74) is -0.555. The summed E-state index contributed by atoms with van der Waals surface area (Å²) in [5, 5.41) is 64.5. The first-order valence-corrected chi connectivity index (χ1v) is 20.5. The average molecular weight is 839 g/mol. The second-order valence-electron chi connectivity index (χ2n) is 16.1. The van der Waals surface area contributed by atoms with E-state index in [0.717, 1.165) is 19.1 Å². The number of rotatable bonds is 9. The number of hydrogen-bond acceptors (Lipinski definition) is 14. The van der Waals surface area contributed by atoms with Gasteiger partial charge in [-0.3, -0.25) is 14.4 Å². The molecular weight excluding hydrogens is 776 g/mol. The third kappa shape index (κ3) is 9.74. The van der Waals surface area contributed by atoms with Gasteiger partial charge in [-0.25, -0.2) is 0 Å². The van der Waals surface area contributed by atoms with Crippen molar-refractivity contribution in [2.45, 2.75) is 131 Å². The van der Waals surface area contributed by atoms with Gasteiger partial charge >= 0.3 is 11.8 Å². The normalized spacial score (nSPS) is 30.3. The molecule has 0 spiro atoms. The number of phenolic OH excluding ortho intramolecular Hbond substituents is 3. The molecule has 0 saturated carbocycles. The fourth-order valence-corrected chi connectivity index (χ4v) is 7.80. The Morgan fingerprint density at radius 2 is 1.67 bits per heavy atom. The van der Waals surface area contributed by atoms with Gasteiger partial charge in [-0.2, -0.15) is 0 Å². The number of methoxy groups -OCH3 is 1. The van der Waals surface area contributed by atoms with Gasteiger partial charge in [0.15, 0.2) is 5.75 Å². The van der Waals surface area contributed by atoms with Crippen LogP contribution in [0.1, 0.15) is 109 Å². The number of fused-ring (bicyclic) bond motifs is 14. The summed E-state index contributed by atoms with van der Waals surface area (Å²) in [6.45, 7) is 16.5. The predicted molar refractivity (Wildman–Crippen MR) is 226 cm³/mol. The number of oxime groups is 1. The number of Topliss-reactive ketones (excluding diaryl/α,β-unsaturated/α-hetero) is 1. The van der Waals surface area contributed by atoms with Crippen molar-refractivity contribution in [1.82, 2.24) is 0 Å². The van der Waals surface area contributed by atoms with Crippen LogP contribution in [0, 0.1) is 30.6 Å². The van der Waals surface area contributed by atoms with Crippen LogP contribution in [-0.2, 0) is 28.6 Å². The number of aliphatic hydroxyl groups excluding tert-OH is 2. The van der Waals surface area contributed by atoms with Gasteiger partial charge in [0.05, 0.1) is 53.0 Å². The highest BCUT2D eigenvalue weighted by atomic mass is 16.7. The number of phenols is 3. The molecule has 0 aromatic heterocycles. The van der Waals surface area contributed by atoms with Crippen molar-refractivity contribution in [2.24, 2.45) is 28.8 Å². The highest BCUT2D eigenvalue weighted by Gasteiger charge is 2.50. The zero-order chi connectivity index (χ0) is 44.8. The van der Waals surface area contributed by atoms with Crippen LogP contribution >= 0.6 is 0 Å². The Balaban J connectivity index is 1.97. The molecule has 10 atom stereocenters. The highest BCUT2D eigenvalue weighted by Crippen LogP contribution is 2.55. The molecule has 0 saturated heterocycles. The molecule has 1 amide bonds. The summed E-state index contributed by atoms with van der Waals surface area (Å²) < 4.78 is 23.6. The quantitative estimate of drug-likeness (QED) is 0.0489. The monoisotopic (exact) mass is 838 g/mol. The summed E-state index contributed by atoms with van der Waals surface area (Å²) in [6, 6.07) is 0. The molecule has 5 rings (SSSR count). The lowest BCUT2D eigenvalue weighted by molar-refractivity contribution is -0.160. The topological polar surface area (TPSA) is 223 Å². The third-order valence-electron chi connectivity index (χ3n) is 11.8. The molecule has 0 aliphatic carbocycles.